The van der Waals surface area contributed by atoms with Crippen LogP contribution >= 0.6 is 0 Å². The van der Waals surface area contributed by atoms with Gasteiger partial charge in [-0.3, -0.25) is 14.8 Å². The molecule has 0 bridgehead atoms. The number of hydroxylamine groups is 1. The fourth-order valence-electron chi connectivity index (χ4n) is 2.64. The van der Waals surface area contributed by atoms with Gasteiger partial charge in [0.05, 0.1) is 63.2 Å². The fraction of sp³-hybridized carbons (Fsp3) is 0.571. The van der Waals surface area contributed by atoms with Gasteiger partial charge in [0.1, 0.15) is 6.79 Å². The molecule has 1 aromatic carbocycles. The van der Waals surface area contributed by atoms with Crippen LogP contribution in [0.1, 0.15) is 22.3 Å². The Morgan fingerprint density at radius 1 is 1.00 bits per heavy atom. The largest absolute Gasteiger partial charge is 0.382 e. The molecule has 0 heterocycles. The SMILES string of the molecule is COCCOCOCC(CC(COCCOC)C(=O)NO)NC(=O)c1ccc(C#N)cc1. The number of nitrogens with one attached hydrogen (secondary N) is 2. The number of hydrogen-bond donors (Lipinski definition) is 3. The molecule has 0 aromatic heterocycles. The first kappa shape index (κ1) is 27.4. The molecule has 3 N–H and O–H groups in total. The van der Waals surface area contributed by atoms with Crippen molar-refractivity contribution in [3.05, 3.63) is 35.4 Å². The van der Waals surface area contributed by atoms with Gasteiger partial charge in [0.25, 0.3) is 5.91 Å². The van der Waals surface area contributed by atoms with Crippen molar-refractivity contribution in [3.63, 3.8) is 0 Å². The lowest BCUT2D eigenvalue weighted by Crippen LogP contribution is -2.43. The fourth-order valence-corrected chi connectivity index (χ4v) is 2.64. The number of methoxy groups -OCH3 is 2. The number of nitriles is 1. The topological polar surface area (TPSA) is 148 Å². The quantitative estimate of drug-likeness (QED) is 0.132. The molecule has 1 rings (SSSR count). The van der Waals surface area contributed by atoms with Gasteiger partial charge >= 0.3 is 0 Å². The summed E-state index contributed by atoms with van der Waals surface area (Å²) in [6.07, 6.45) is 0.138. The molecule has 0 saturated heterocycles. The molecule has 2 atom stereocenters. The summed E-state index contributed by atoms with van der Waals surface area (Å²) in [4.78, 5) is 24.7. The summed E-state index contributed by atoms with van der Waals surface area (Å²) in [5, 5.41) is 20.8. The molecule has 2 unspecified atom stereocenters. The van der Waals surface area contributed by atoms with Crippen LogP contribution in [0.25, 0.3) is 0 Å². The van der Waals surface area contributed by atoms with E-state index in [0.29, 0.717) is 30.9 Å². The Hall–Kier alpha value is -2.59. The number of amides is 2. The van der Waals surface area contributed by atoms with E-state index in [9.17, 15) is 9.59 Å². The Morgan fingerprint density at radius 3 is 2.25 bits per heavy atom. The van der Waals surface area contributed by atoms with E-state index >= 15 is 0 Å². The summed E-state index contributed by atoms with van der Waals surface area (Å²) in [5.41, 5.74) is 2.41. The minimum Gasteiger partial charge on any atom is -0.382 e. The number of carbonyl (C=O) groups is 2. The van der Waals surface area contributed by atoms with Gasteiger partial charge < -0.3 is 29.0 Å². The zero-order valence-corrected chi connectivity index (χ0v) is 18.4. The Morgan fingerprint density at radius 2 is 1.66 bits per heavy atom. The highest BCUT2D eigenvalue weighted by atomic mass is 16.7. The Bertz CT molecular complexity index is 708. The molecule has 0 aliphatic rings. The van der Waals surface area contributed by atoms with E-state index in [1.807, 2.05) is 6.07 Å². The van der Waals surface area contributed by atoms with Crippen LogP contribution in [0.4, 0.5) is 0 Å². The molecule has 0 aliphatic heterocycles. The predicted molar refractivity (Wildman–Crippen MR) is 112 cm³/mol. The molecule has 32 heavy (non-hydrogen) atoms. The lowest BCUT2D eigenvalue weighted by molar-refractivity contribution is -0.136. The molecule has 1 aromatic rings. The average molecular weight is 453 g/mol. The average Bonchev–Trinajstić information content (AvgIpc) is 2.82. The highest BCUT2D eigenvalue weighted by Crippen LogP contribution is 2.11. The number of carbonyl (C=O) groups excluding carboxylic acids is 2. The van der Waals surface area contributed by atoms with Crippen LogP contribution < -0.4 is 10.8 Å². The van der Waals surface area contributed by atoms with Crippen molar-refractivity contribution in [1.82, 2.24) is 10.8 Å². The standard InChI is InChI=1S/C21H31N3O8/c1-28-7-9-30-13-18(21(26)24-27)11-19(14-32-15-31-10-8-29-2)23-20(25)17-5-3-16(12-22)4-6-17/h3-6,18-19,27H,7-11,13-15H2,1-2H3,(H,23,25)(H,24,26). The van der Waals surface area contributed by atoms with Gasteiger partial charge in [0.15, 0.2) is 0 Å². The summed E-state index contributed by atoms with van der Waals surface area (Å²) in [6.45, 7) is 1.45. The van der Waals surface area contributed by atoms with E-state index < -0.39 is 23.8 Å². The second kappa shape index (κ2) is 17.0. The predicted octanol–water partition coefficient (Wildman–Crippen LogP) is 0.468. The molecule has 11 nitrogen and oxygen atoms in total. The first-order valence-corrected chi connectivity index (χ1v) is 10.0. The van der Waals surface area contributed by atoms with Crippen LogP contribution in [0.2, 0.25) is 0 Å². The maximum atomic E-state index is 12.7. The number of nitrogens with zero attached hydrogens (tertiary/aromatic N) is 1. The Kier molecular flexibility index (Phi) is 14.6. The molecule has 178 valence electrons. The zero-order chi connectivity index (χ0) is 23.6. The monoisotopic (exact) mass is 453 g/mol. The molecule has 0 fully saturated rings. The van der Waals surface area contributed by atoms with E-state index in [1.54, 1.807) is 12.6 Å². The Labute approximate surface area is 187 Å². The first-order valence-electron chi connectivity index (χ1n) is 10.0. The summed E-state index contributed by atoms with van der Waals surface area (Å²) >= 11 is 0. The minimum atomic E-state index is -0.749. The van der Waals surface area contributed by atoms with Crippen molar-refractivity contribution in [1.29, 1.82) is 5.26 Å². The zero-order valence-electron chi connectivity index (χ0n) is 18.4. The van der Waals surface area contributed by atoms with E-state index in [1.165, 1.54) is 31.4 Å². The second-order valence-corrected chi connectivity index (χ2v) is 6.73. The normalized spacial score (nSPS) is 12.6. The molecule has 0 radical (unpaired) electrons. The molecule has 0 aliphatic carbocycles. The number of benzene rings is 1. The third-order valence-electron chi connectivity index (χ3n) is 4.33. The van der Waals surface area contributed by atoms with Crippen LogP contribution in [0.3, 0.4) is 0 Å². The molecule has 0 saturated carbocycles. The van der Waals surface area contributed by atoms with Gasteiger partial charge in [-0.2, -0.15) is 5.26 Å². The first-order chi connectivity index (χ1) is 15.5. The highest BCUT2D eigenvalue weighted by Gasteiger charge is 2.25. The maximum Gasteiger partial charge on any atom is 0.251 e. The molecule has 11 heteroatoms. The number of ether oxygens (including phenoxy) is 5. The van der Waals surface area contributed by atoms with Gasteiger partial charge in [0.2, 0.25) is 5.91 Å². The van der Waals surface area contributed by atoms with Gasteiger partial charge in [-0.15, -0.1) is 0 Å². The number of hydrogen-bond acceptors (Lipinski definition) is 9. The summed E-state index contributed by atoms with van der Waals surface area (Å²) in [7, 11) is 3.09. The lowest BCUT2D eigenvalue weighted by Gasteiger charge is -2.23. The molecule has 0 spiro atoms. The van der Waals surface area contributed by atoms with Crippen molar-refractivity contribution in [3.8, 4) is 6.07 Å². The van der Waals surface area contributed by atoms with Gasteiger partial charge in [-0.25, -0.2) is 5.48 Å². The van der Waals surface area contributed by atoms with Crippen molar-refractivity contribution in [2.45, 2.75) is 12.5 Å². The van der Waals surface area contributed by atoms with Crippen molar-refractivity contribution in [2.24, 2.45) is 5.92 Å². The van der Waals surface area contributed by atoms with Gasteiger partial charge in [-0.1, -0.05) is 0 Å². The molecular formula is C21H31N3O8. The lowest BCUT2D eigenvalue weighted by atomic mass is 9.99. The van der Waals surface area contributed by atoms with E-state index in [-0.39, 0.29) is 33.0 Å². The van der Waals surface area contributed by atoms with Crippen molar-refractivity contribution < 1.29 is 38.5 Å². The van der Waals surface area contributed by atoms with Crippen LogP contribution in [0.15, 0.2) is 24.3 Å². The van der Waals surface area contributed by atoms with Crippen molar-refractivity contribution in [2.75, 3.05) is 60.7 Å². The third-order valence-corrected chi connectivity index (χ3v) is 4.33. The minimum absolute atomic E-state index is 0.0172. The molecular weight excluding hydrogens is 422 g/mol. The van der Waals surface area contributed by atoms with Gasteiger partial charge in [-0.05, 0) is 30.7 Å². The number of rotatable bonds is 17. The van der Waals surface area contributed by atoms with Crippen LogP contribution in [0.5, 0.6) is 0 Å². The van der Waals surface area contributed by atoms with Crippen molar-refractivity contribution >= 4 is 11.8 Å². The highest BCUT2D eigenvalue weighted by molar-refractivity contribution is 5.94. The Balaban J connectivity index is 2.77. The second-order valence-electron chi connectivity index (χ2n) is 6.73. The van der Waals surface area contributed by atoms with Crippen LogP contribution in [-0.2, 0) is 28.5 Å². The van der Waals surface area contributed by atoms with Crippen LogP contribution in [0, 0.1) is 17.2 Å². The van der Waals surface area contributed by atoms with E-state index in [0.717, 1.165) is 0 Å². The smallest absolute Gasteiger partial charge is 0.251 e. The summed E-state index contributed by atoms with van der Waals surface area (Å²) in [6, 6.07) is 7.55. The molecule has 2 amide bonds. The van der Waals surface area contributed by atoms with Gasteiger partial charge in [0, 0.05) is 19.8 Å². The van der Waals surface area contributed by atoms with E-state index in [2.05, 4.69) is 5.32 Å². The summed E-state index contributed by atoms with van der Waals surface area (Å²) < 4.78 is 26.0. The van der Waals surface area contributed by atoms with Crippen LogP contribution in [-0.4, -0.2) is 83.7 Å². The maximum absolute atomic E-state index is 12.7. The summed E-state index contributed by atoms with van der Waals surface area (Å²) in [5.74, 6) is -1.79. The third kappa shape index (κ3) is 11.1. The van der Waals surface area contributed by atoms with E-state index in [4.69, 9.17) is 34.2 Å².